The quantitative estimate of drug-likeness (QED) is 0.483. The summed E-state index contributed by atoms with van der Waals surface area (Å²) in [7, 11) is 0. The zero-order valence-electron chi connectivity index (χ0n) is 6.56. The molecule has 54 valence electrons. The van der Waals surface area contributed by atoms with Gasteiger partial charge in [0.15, 0.2) is 0 Å². The van der Waals surface area contributed by atoms with Crippen LogP contribution in [-0.2, 0) is 0 Å². The maximum absolute atomic E-state index is 3.68. The smallest absolute Gasteiger partial charge is 0.0129 e. The minimum absolute atomic E-state index is 1.11. The molecule has 0 bridgehead atoms. The third-order valence-corrected chi connectivity index (χ3v) is 1.43. The maximum Gasteiger partial charge on any atom is -0.0129 e. The first-order valence-electron chi connectivity index (χ1n) is 3.33. The second-order valence-corrected chi connectivity index (χ2v) is 2.05. The van der Waals surface area contributed by atoms with Gasteiger partial charge in [-0.2, -0.15) is 0 Å². The molecule has 0 aliphatic heterocycles. The van der Waals surface area contributed by atoms with Gasteiger partial charge in [0, 0.05) is 0 Å². The lowest BCUT2D eigenvalue weighted by Gasteiger charge is -1.89. The van der Waals surface area contributed by atoms with Crippen LogP contribution < -0.4 is 0 Å². The second kappa shape index (κ2) is 4.80. The van der Waals surface area contributed by atoms with Gasteiger partial charge in [-0.1, -0.05) is 30.4 Å². The first-order valence-corrected chi connectivity index (χ1v) is 3.33. The molecule has 0 spiro atoms. The van der Waals surface area contributed by atoms with Crippen LogP contribution in [0.4, 0.5) is 0 Å². The minimum Gasteiger partial charge on any atom is -0.106 e. The van der Waals surface area contributed by atoms with E-state index in [1.165, 1.54) is 11.1 Å². The molecule has 10 heavy (non-hydrogen) atoms. The first-order chi connectivity index (χ1) is 4.84. The summed E-state index contributed by atoms with van der Waals surface area (Å²) in [4.78, 5) is 0. The summed E-state index contributed by atoms with van der Waals surface area (Å²) < 4.78 is 0. The van der Waals surface area contributed by atoms with E-state index in [1.807, 2.05) is 6.08 Å². The highest BCUT2D eigenvalue weighted by Crippen LogP contribution is 2.17. The van der Waals surface area contributed by atoms with Crippen LogP contribution in [0.5, 0.6) is 0 Å². The highest BCUT2D eigenvalue weighted by Gasteiger charge is 1.97. The van der Waals surface area contributed by atoms with Gasteiger partial charge in [0.1, 0.15) is 0 Å². The Kier molecular flexibility index (Phi) is 4.30. The lowest BCUT2D eigenvalue weighted by molar-refractivity contribution is 1.24. The van der Waals surface area contributed by atoms with Crippen molar-refractivity contribution in [1.29, 1.82) is 0 Å². The Bertz CT molecular complexity index is 170. The lowest BCUT2D eigenvalue weighted by atomic mass is 10.2. The predicted molar refractivity (Wildman–Crippen MR) is 47.9 cm³/mol. The SMILES string of the molecule is C=C.C=CC1=C(C)CC=C1. The fourth-order valence-corrected chi connectivity index (χ4v) is 0.865. The normalized spacial score (nSPS) is 14.5. The van der Waals surface area contributed by atoms with Gasteiger partial charge in [0.05, 0.1) is 0 Å². The Morgan fingerprint density at radius 2 is 2.10 bits per heavy atom. The lowest BCUT2D eigenvalue weighted by Crippen LogP contribution is -1.69. The summed E-state index contributed by atoms with van der Waals surface area (Å²) in [5.41, 5.74) is 2.73. The fourth-order valence-electron chi connectivity index (χ4n) is 0.865. The molecule has 0 aromatic carbocycles. The Balaban J connectivity index is 0.000000371. The van der Waals surface area contributed by atoms with Crippen molar-refractivity contribution in [3.63, 3.8) is 0 Å². The fraction of sp³-hybridized carbons (Fsp3) is 0.200. The molecule has 0 saturated heterocycles. The second-order valence-electron chi connectivity index (χ2n) is 2.05. The summed E-state index contributed by atoms with van der Waals surface area (Å²) in [5.74, 6) is 0. The van der Waals surface area contributed by atoms with E-state index in [4.69, 9.17) is 0 Å². The van der Waals surface area contributed by atoms with Crippen molar-refractivity contribution in [2.24, 2.45) is 0 Å². The van der Waals surface area contributed by atoms with Gasteiger partial charge in [-0.3, -0.25) is 0 Å². The summed E-state index contributed by atoms with van der Waals surface area (Å²) in [5, 5.41) is 0. The molecule has 1 rings (SSSR count). The van der Waals surface area contributed by atoms with E-state index in [0.29, 0.717) is 0 Å². The molecule has 0 fully saturated rings. The van der Waals surface area contributed by atoms with E-state index in [9.17, 15) is 0 Å². The van der Waals surface area contributed by atoms with E-state index >= 15 is 0 Å². The van der Waals surface area contributed by atoms with E-state index in [-0.39, 0.29) is 0 Å². The monoisotopic (exact) mass is 134 g/mol. The maximum atomic E-state index is 3.68. The van der Waals surface area contributed by atoms with E-state index in [0.717, 1.165) is 6.42 Å². The molecule has 1 aliphatic carbocycles. The molecular weight excluding hydrogens is 120 g/mol. The van der Waals surface area contributed by atoms with E-state index in [1.54, 1.807) is 0 Å². The molecule has 1 aliphatic rings. The van der Waals surface area contributed by atoms with Gasteiger partial charge >= 0.3 is 0 Å². The van der Waals surface area contributed by atoms with Crippen LogP contribution in [0, 0.1) is 0 Å². The van der Waals surface area contributed by atoms with Crippen molar-refractivity contribution in [2.75, 3.05) is 0 Å². The van der Waals surface area contributed by atoms with E-state index < -0.39 is 0 Å². The van der Waals surface area contributed by atoms with Crippen molar-refractivity contribution in [3.05, 3.63) is 49.1 Å². The molecule has 0 aromatic heterocycles. The van der Waals surface area contributed by atoms with Gasteiger partial charge in [0.25, 0.3) is 0 Å². The van der Waals surface area contributed by atoms with Gasteiger partial charge in [0.2, 0.25) is 0 Å². The summed E-state index contributed by atoms with van der Waals surface area (Å²) in [6.07, 6.45) is 7.29. The third-order valence-electron chi connectivity index (χ3n) is 1.43. The van der Waals surface area contributed by atoms with Crippen molar-refractivity contribution < 1.29 is 0 Å². The largest absolute Gasteiger partial charge is 0.106 e. The topological polar surface area (TPSA) is 0 Å². The first kappa shape index (κ1) is 8.96. The molecule has 0 aromatic rings. The summed E-state index contributed by atoms with van der Waals surface area (Å²) >= 11 is 0. The molecule has 0 nitrogen and oxygen atoms in total. The molecule has 0 atom stereocenters. The average molecular weight is 134 g/mol. The highest BCUT2D eigenvalue weighted by molar-refractivity contribution is 5.39. The van der Waals surface area contributed by atoms with Crippen LogP contribution in [0.1, 0.15) is 13.3 Å². The van der Waals surface area contributed by atoms with Crippen LogP contribution in [-0.4, -0.2) is 0 Å². The molecule has 0 heterocycles. The molecule has 0 saturated carbocycles. The zero-order chi connectivity index (χ0) is 7.98. The van der Waals surface area contributed by atoms with Gasteiger partial charge in [-0.05, 0) is 18.9 Å². The predicted octanol–water partition coefficient (Wildman–Crippen LogP) is 3.25. The third kappa shape index (κ3) is 2.06. The number of hydrogen-bond acceptors (Lipinski definition) is 0. The van der Waals surface area contributed by atoms with Gasteiger partial charge < -0.3 is 0 Å². The van der Waals surface area contributed by atoms with Crippen LogP contribution in [0.3, 0.4) is 0 Å². The minimum atomic E-state index is 1.11. The summed E-state index contributed by atoms with van der Waals surface area (Å²) in [6.45, 7) is 11.8. The number of hydrogen-bond donors (Lipinski definition) is 0. The highest BCUT2D eigenvalue weighted by atomic mass is 14.0. The molecule has 0 heteroatoms. The molecular formula is C10H14. The molecule has 0 radical (unpaired) electrons. The Morgan fingerprint density at radius 1 is 1.50 bits per heavy atom. The van der Waals surface area contributed by atoms with Crippen LogP contribution in [0.15, 0.2) is 49.1 Å². The van der Waals surface area contributed by atoms with Crippen LogP contribution in [0.2, 0.25) is 0 Å². The molecule has 0 amide bonds. The Hall–Kier alpha value is -1.04. The molecule has 0 unspecified atom stereocenters. The van der Waals surface area contributed by atoms with Crippen molar-refractivity contribution >= 4 is 0 Å². The van der Waals surface area contributed by atoms with Crippen molar-refractivity contribution in [3.8, 4) is 0 Å². The van der Waals surface area contributed by atoms with Crippen molar-refractivity contribution in [2.45, 2.75) is 13.3 Å². The van der Waals surface area contributed by atoms with E-state index in [2.05, 4.69) is 38.8 Å². The van der Waals surface area contributed by atoms with Gasteiger partial charge in [-0.15, -0.1) is 13.2 Å². The zero-order valence-corrected chi connectivity index (χ0v) is 6.56. The average Bonchev–Trinajstić information content (AvgIpc) is 2.39. The number of rotatable bonds is 1. The standard InChI is InChI=1S/C8H10.C2H4/c1-3-8-6-4-5-7(8)2;1-2/h3-4,6H,1,5H2,2H3;1-2H2. The number of allylic oxidation sites excluding steroid dienone is 5. The molecule has 0 N–H and O–H groups in total. The summed E-state index contributed by atoms with van der Waals surface area (Å²) in [6, 6.07) is 0. The van der Waals surface area contributed by atoms with Crippen LogP contribution >= 0.6 is 0 Å². The van der Waals surface area contributed by atoms with Crippen molar-refractivity contribution in [1.82, 2.24) is 0 Å². The Labute approximate surface area is 63.3 Å². The van der Waals surface area contributed by atoms with Gasteiger partial charge in [-0.25, -0.2) is 0 Å². The van der Waals surface area contributed by atoms with Crippen LogP contribution in [0.25, 0.3) is 0 Å². The Morgan fingerprint density at radius 3 is 2.30 bits per heavy atom.